The molecular formula is C20H25NO2. The molecule has 2 aromatic carbocycles. The van der Waals surface area contributed by atoms with Crippen molar-refractivity contribution < 1.29 is 9.47 Å². The second-order valence-electron chi connectivity index (χ2n) is 6.13. The highest BCUT2D eigenvalue weighted by Gasteiger charge is 2.32. The lowest BCUT2D eigenvalue weighted by molar-refractivity contribution is 0.0650. The van der Waals surface area contributed by atoms with Crippen molar-refractivity contribution in [3.05, 3.63) is 60.2 Å². The Balaban J connectivity index is 1.64. The van der Waals surface area contributed by atoms with Gasteiger partial charge in [0.25, 0.3) is 0 Å². The van der Waals surface area contributed by atoms with Crippen LogP contribution in [0.15, 0.2) is 54.6 Å². The van der Waals surface area contributed by atoms with Gasteiger partial charge in [-0.2, -0.15) is 0 Å². The van der Waals surface area contributed by atoms with Crippen LogP contribution >= 0.6 is 0 Å². The molecule has 1 saturated heterocycles. The number of hydrogen-bond acceptors (Lipinski definition) is 3. The Morgan fingerprint density at radius 3 is 2.57 bits per heavy atom. The Morgan fingerprint density at radius 1 is 1.04 bits per heavy atom. The van der Waals surface area contributed by atoms with Crippen LogP contribution in [0.3, 0.4) is 0 Å². The van der Waals surface area contributed by atoms with E-state index < -0.39 is 0 Å². The van der Waals surface area contributed by atoms with Crippen LogP contribution in [-0.4, -0.2) is 31.3 Å². The number of rotatable bonds is 6. The Morgan fingerprint density at radius 2 is 1.83 bits per heavy atom. The Hall–Kier alpha value is -2.00. The minimum Gasteiger partial charge on any atom is -0.497 e. The van der Waals surface area contributed by atoms with Gasteiger partial charge in [-0.15, -0.1) is 0 Å². The summed E-state index contributed by atoms with van der Waals surface area (Å²) in [7, 11) is 1.72. The van der Waals surface area contributed by atoms with Gasteiger partial charge in [0.1, 0.15) is 11.5 Å². The highest BCUT2D eigenvalue weighted by atomic mass is 16.5. The van der Waals surface area contributed by atoms with Crippen molar-refractivity contribution in [3.8, 4) is 11.5 Å². The third kappa shape index (κ3) is 4.05. The summed E-state index contributed by atoms with van der Waals surface area (Å²) in [4.78, 5) is 2.43. The van der Waals surface area contributed by atoms with Gasteiger partial charge in [0.2, 0.25) is 0 Å². The van der Waals surface area contributed by atoms with Gasteiger partial charge in [0.15, 0.2) is 6.23 Å². The summed E-state index contributed by atoms with van der Waals surface area (Å²) < 4.78 is 11.5. The first kappa shape index (κ1) is 15.9. The number of hydrogen-bond donors (Lipinski definition) is 0. The summed E-state index contributed by atoms with van der Waals surface area (Å²) in [6, 6.07) is 18.5. The molecule has 2 aromatic rings. The number of likely N-dealkylation sites (tertiary alicyclic amines) is 1. The van der Waals surface area contributed by atoms with E-state index in [1.807, 2.05) is 36.4 Å². The molecule has 122 valence electrons. The van der Waals surface area contributed by atoms with Gasteiger partial charge in [0, 0.05) is 13.0 Å². The fraction of sp³-hybridized carbons (Fsp3) is 0.400. The molecular weight excluding hydrogens is 286 g/mol. The molecule has 0 radical (unpaired) electrons. The molecule has 1 aliphatic rings. The van der Waals surface area contributed by atoms with Crippen molar-refractivity contribution >= 4 is 0 Å². The minimum absolute atomic E-state index is 0.179. The molecule has 1 fully saturated rings. The minimum atomic E-state index is 0.179. The van der Waals surface area contributed by atoms with E-state index in [1.54, 1.807) is 7.11 Å². The zero-order chi connectivity index (χ0) is 16.1. The zero-order valence-electron chi connectivity index (χ0n) is 13.9. The number of para-hydroxylation sites is 1. The normalized spacial score (nSPS) is 21.3. The van der Waals surface area contributed by atoms with Crippen molar-refractivity contribution in [2.75, 3.05) is 20.2 Å². The van der Waals surface area contributed by atoms with E-state index in [9.17, 15) is 0 Å². The average Bonchev–Trinajstić information content (AvgIpc) is 2.97. The summed E-state index contributed by atoms with van der Waals surface area (Å²) in [5.74, 6) is 2.51. The van der Waals surface area contributed by atoms with Crippen molar-refractivity contribution in [1.29, 1.82) is 0 Å². The lowest BCUT2D eigenvalue weighted by Gasteiger charge is -2.23. The van der Waals surface area contributed by atoms with Gasteiger partial charge in [-0.1, -0.05) is 37.3 Å². The highest BCUT2D eigenvalue weighted by molar-refractivity contribution is 5.29. The van der Waals surface area contributed by atoms with Crippen molar-refractivity contribution in [1.82, 2.24) is 4.90 Å². The summed E-state index contributed by atoms with van der Waals surface area (Å²) in [6.07, 6.45) is 2.32. The molecule has 0 bridgehead atoms. The molecule has 3 rings (SSSR count). The van der Waals surface area contributed by atoms with Crippen LogP contribution in [0.4, 0.5) is 0 Å². The molecule has 0 aromatic heterocycles. The van der Waals surface area contributed by atoms with Crippen molar-refractivity contribution in [2.45, 2.75) is 26.0 Å². The molecule has 0 spiro atoms. The van der Waals surface area contributed by atoms with Gasteiger partial charge >= 0.3 is 0 Å². The van der Waals surface area contributed by atoms with Crippen LogP contribution < -0.4 is 9.47 Å². The topological polar surface area (TPSA) is 21.7 Å². The Bertz CT molecular complexity index is 614. The van der Waals surface area contributed by atoms with Crippen molar-refractivity contribution in [2.24, 2.45) is 5.92 Å². The van der Waals surface area contributed by atoms with Gasteiger partial charge in [-0.05, 0) is 48.7 Å². The van der Waals surface area contributed by atoms with E-state index in [1.165, 1.54) is 5.56 Å². The Labute approximate surface area is 138 Å². The number of ether oxygens (including phenoxy) is 2. The fourth-order valence-electron chi connectivity index (χ4n) is 3.35. The van der Waals surface area contributed by atoms with Gasteiger partial charge in [0.05, 0.1) is 7.11 Å². The first-order chi connectivity index (χ1) is 11.3. The van der Waals surface area contributed by atoms with Gasteiger partial charge < -0.3 is 9.47 Å². The summed E-state index contributed by atoms with van der Waals surface area (Å²) in [5.41, 5.74) is 1.34. The molecule has 2 atom stereocenters. The van der Waals surface area contributed by atoms with E-state index >= 15 is 0 Å². The average molecular weight is 311 g/mol. The lowest BCUT2D eigenvalue weighted by Crippen LogP contribution is -2.33. The molecule has 3 nitrogen and oxygen atoms in total. The third-order valence-corrected chi connectivity index (χ3v) is 4.51. The molecule has 0 saturated carbocycles. The van der Waals surface area contributed by atoms with Crippen LogP contribution in [0.1, 0.15) is 18.9 Å². The Kier molecular flexibility index (Phi) is 5.19. The quantitative estimate of drug-likeness (QED) is 0.805. The predicted molar refractivity (Wildman–Crippen MR) is 92.9 cm³/mol. The lowest BCUT2D eigenvalue weighted by atomic mass is 9.98. The highest BCUT2D eigenvalue weighted by Crippen LogP contribution is 2.29. The third-order valence-electron chi connectivity index (χ3n) is 4.51. The molecule has 0 amide bonds. The van der Waals surface area contributed by atoms with Crippen LogP contribution in [0.25, 0.3) is 0 Å². The van der Waals surface area contributed by atoms with Crippen LogP contribution in [-0.2, 0) is 6.42 Å². The summed E-state index contributed by atoms with van der Waals surface area (Å²) >= 11 is 0. The van der Waals surface area contributed by atoms with Gasteiger partial charge in [-0.25, -0.2) is 0 Å². The second-order valence-corrected chi connectivity index (χ2v) is 6.13. The van der Waals surface area contributed by atoms with Crippen molar-refractivity contribution in [3.63, 3.8) is 0 Å². The van der Waals surface area contributed by atoms with Crippen LogP contribution in [0.2, 0.25) is 0 Å². The molecule has 1 heterocycles. The smallest absolute Gasteiger partial charge is 0.152 e. The predicted octanol–water partition coefficient (Wildman–Crippen LogP) is 3.98. The SMILES string of the molecule is CCN1CC(Cc2cccc(OC)c2)CC1Oc1ccccc1. The summed E-state index contributed by atoms with van der Waals surface area (Å²) in [6.45, 7) is 4.31. The fourth-order valence-corrected chi connectivity index (χ4v) is 3.35. The van der Waals surface area contributed by atoms with E-state index in [4.69, 9.17) is 9.47 Å². The van der Waals surface area contributed by atoms with E-state index in [0.29, 0.717) is 5.92 Å². The maximum atomic E-state index is 6.19. The number of nitrogens with zero attached hydrogens (tertiary/aromatic N) is 1. The van der Waals surface area contributed by atoms with Crippen LogP contribution in [0, 0.1) is 5.92 Å². The van der Waals surface area contributed by atoms with Crippen LogP contribution in [0.5, 0.6) is 11.5 Å². The monoisotopic (exact) mass is 311 g/mol. The molecule has 2 unspecified atom stereocenters. The zero-order valence-corrected chi connectivity index (χ0v) is 13.9. The number of methoxy groups -OCH3 is 1. The van der Waals surface area contributed by atoms with E-state index in [-0.39, 0.29) is 6.23 Å². The molecule has 1 aliphatic heterocycles. The summed E-state index contributed by atoms with van der Waals surface area (Å²) in [5, 5.41) is 0. The standard InChI is InChI=1S/C20H25NO2/c1-3-21-15-17(12-16-8-7-11-19(13-16)22-2)14-20(21)23-18-9-5-4-6-10-18/h4-11,13,17,20H,3,12,14-15H2,1-2H3. The maximum absolute atomic E-state index is 6.19. The van der Waals surface area contributed by atoms with Gasteiger partial charge in [-0.3, -0.25) is 4.90 Å². The maximum Gasteiger partial charge on any atom is 0.152 e. The molecule has 23 heavy (non-hydrogen) atoms. The first-order valence-electron chi connectivity index (χ1n) is 8.37. The molecule has 3 heteroatoms. The van der Waals surface area contributed by atoms with E-state index in [2.05, 4.69) is 30.0 Å². The largest absolute Gasteiger partial charge is 0.497 e. The first-order valence-corrected chi connectivity index (χ1v) is 8.37. The molecule has 0 N–H and O–H groups in total. The second kappa shape index (κ2) is 7.51. The molecule has 0 aliphatic carbocycles. The number of benzene rings is 2. The van der Waals surface area contributed by atoms with E-state index in [0.717, 1.165) is 37.4 Å².